The third kappa shape index (κ3) is 3.82. The summed E-state index contributed by atoms with van der Waals surface area (Å²) in [5, 5.41) is 10.0. The molecule has 2 heterocycles. The molecule has 1 aliphatic heterocycles. The number of hydrogen-bond donors (Lipinski definition) is 1. The fourth-order valence-electron chi connectivity index (χ4n) is 2.63. The van der Waals surface area contributed by atoms with E-state index in [1.807, 2.05) is 17.8 Å². The zero-order valence-corrected chi connectivity index (χ0v) is 11.2. The van der Waals surface area contributed by atoms with Gasteiger partial charge in [0.1, 0.15) is 11.9 Å². The summed E-state index contributed by atoms with van der Waals surface area (Å²) in [4.78, 5) is 4.18. The highest BCUT2D eigenvalue weighted by molar-refractivity contribution is 4.95. The van der Waals surface area contributed by atoms with Gasteiger partial charge in [-0.3, -0.25) is 0 Å². The molecule has 0 aromatic carbocycles. The Kier molecular flexibility index (Phi) is 5.20. The van der Waals surface area contributed by atoms with E-state index in [0.717, 1.165) is 37.8 Å². The number of nitrogens with zero attached hydrogens (tertiary/aromatic N) is 2. The molecule has 0 amide bonds. The summed E-state index contributed by atoms with van der Waals surface area (Å²) in [6, 6.07) is 0. The number of hydrogen-bond acceptors (Lipinski definition) is 3. The van der Waals surface area contributed by atoms with Gasteiger partial charge in [-0.05, 0) is 25.2 Å². The van der Waals surface area contributed by atoms with Gasteiger partial charge in [0.2, 0.25) is 0 Å². The van der Waals surface area contributed by atoms with Crippen LogP contribution in [0.1, 0.15) is 50.5 Å². The molecule has 1 aliphatic rings. The van der Waals surface area contributed by atoms with Gasteiger partial charge < -0.3 is 14.4 Å². The van der Waals surface area contributed by atoms with E-state index in [-0.39, 0.29) is 0 Å². The monoisotopic (exact) mass is 252 g/mol. The highest BCUT2D eigenvalue weighted by Crippen LogP contribution is 2.23. The Morgan fingerprint density at radius 1 is 1.44 bits per heavy atom. The Morgan fingerprint density at radius 2 is 2.22 bits per heavy atom. The normalized spacial score (nSPS) is 19.0. The smallest absolute Gasteiger partial charge is 0.137 e. The molecule has 0 bridgehead atoms. The number of imidazole rings is 1. The molecule has 4 heteroatoms. The Hall–Kier alpha value is -0.870. The first-order valence-electron chi connectivity index (χ1n) is 7.00. The van der Waals surface area contributed by atoms with Crippen LogP contribution in [0.3, 0.4) is 0 Å². The van der Waals surface area contributed by atoms with Crippen LogP contribution in [0.15, 0.2) is 12.4 Å². The first-order valence-corrected chi connectivity index (χ1v) is 7.00. The van der Waals surface area contributed by atoms with Crippen molar-refractivity contribution in [3.63, 3.8) is 0 Å². The molecule has 1 fully saturated rings. The summed E-state index contributed by atoms with van der Waals surface area (Å²) in [6.07, 6.45) is 9.98. The summed E-state index contributed by atoms with van der Waals surface area (Å²) in [5.74, 6) is 1.62. The van der Waals surface area contributed by atoms with E-state index in [1.54, 1.807) is 6.20 Å². The fraction of sp³-hybridized carbons (Fsp3) is 0.786. The SMILES string of the molecule is Cn1ccnc1C(O)CCCCC1CCOCC1. The van der Waals surface area contributed by atoms with Crippen LogP contribution < -0.4 is 0 Å². The van der Waals surface area contributed by atoms with Gasteiger partial charge in [-0.15, -0.1) is 0 Å². The molecule has 2 rings (SSSR count). The maximum absolute atomic E-state index is 10.0. The molecule has 0 spiro atoms. The van der Waals surface area contributed by atoms with E-state index in [4.69, 9.17) is 4.74 Å². The highest BCUT2D eigenvalue weighted by Gasteiger charge is 2.15. The quantitative estimate of drug-likeness (QED) is 0.791. The number of ether oxygens (including phenoxy) is 1. The fourth-order valence-corrected chi connectivity index (χ4v) is 2.63. The first-order chi connectivity index (χ1) is 8.77. The average molecular weight is 252 g/mol. The zero-order valence-electron chi connectivity index (χ0n) is 11.2. The number of aromatic nitrogens is 2. The lowest BCUT2D eigenvalue weighted by molar-refractivity contribution is 0.0625. The van der Waals surface area contributed by atoms with Crippen molar-refractivity contribution in [1.82, 2.24) is 9.55 Å². The second-order valence-corrected chi connectivity index (χ2v) is 5.25. The minimum absolute atomic E-state index is 0.417. The topological polar surface area (TPSA) is 47.3 Å². The summed E-state index contributed by atoms with van der Waals surface area (Å²) < 4.78 is 7.25. The lowest BCUT2D eigenvalue weighted by Crippen LogP contribution is -2.15. The molecule has 1 aromatic rings. The minimum Gasteiger partial charge on any atom is -0.385 e. The van der Waals surface area contributed by atoms with Gasteiger partial charge in [0.15, 0.2) is 0 Å². The third-order valence-electron chi connectivity index (χ3n) is 3.84. The van der Waals surface area contributed by atoms with E-state index in [2.05, 4.69) is 4.98 Å². The van der Waals surface area contributed by atoms with Crippen molar-refractivity contribution < 1.29 is 9.84 Å². The summed E-state index contributed by atoms with van der Waals surface area (Å²) in [6.45, 7) is 1.86. The van der Waals surface area contributed by atoms with Crippen molar-refractivity contribution in [3.8, 4) is 0 Å². The molecular weight excluding hydrogens is 228 g/mol. The van der Waals surface area contributed by atoms with Gasteiger partial charge in [-0.25, -0.2) is 4.98 Å². The number of aryl methyl sites for hydroxylation is 1. The van der Waals surface area contributed by atoms with Gasteiger partial charge in [0.05, 0.1) is 0 Å². The van der Waals surface area contributed by atoms with Crippen molar-refractivity contribution in [2.45, 2.75) is 44.6 Å². The van der Waals surface area contributed by atoms with Gasteiger partial charge >= 0.3 is 0 Å². The molecule has 1 N–H and O–H groups in total. The summed E-state index contributed by atoms with van der Waals surface area (Å²) in [5.41, 5.74) is 0. The van der Waals surface area contributed by atoms with E-state index in [1.165, 1.54) is 25.7 Å². The zero-order chi connectivity index (χ0) is 12.8. The molecule has 1 aromatic heterocycles. The van der Waals surface area contributed by atoms with Crippen LogP contribution in [0.25, 0.3) is 0 Å². The van der Waals surface area contributed by atoms with Crippen molar-refractivity contribution in [2.24, 2.45) is 13.0 Å². The Bertz CT molecular complexity index is 345. The highest BCUT2D eigenvalue weighted by atomic mass is 16.5. The van der Waals surface area contributed by atoms with Crippen molar-refractivity contribution in [2.75, 3.05) is 13.2 Å². The molecule has 0 aliphatic carbocycles. The second-order valence-electron chi connectivity index (χ2n) is 5.25. The molecule has 18 heavy (non-hydrogen) atoms. The molecule has 102 valence electrons. The van der Waals surface area contributed by atoms with Crippen LogP contribution in [-0.2, 0) is 11.8 Å². The molecule has 0 saturated carbocycles. The standard InChI is InChI=1S/C14H24N2O2/c1-16-9-8-15-14(16)13(17)5-3-2-4-12-6-10-18-11-7-12/h8-9,12-13,17H,2-7,10-11H2,1H3. The Morgan fingerprint density at radius 3 is 2.89 bits per heavy atom. The summed E-state index contributed by atoms with van der Waals surface area (Å²) >= 11 is 0. The number of unbranched alkanes of at least 4 members (excludes halogenated alkanes) is 1. The molecule has 4 nitrogen and oxygen atoms in total. The van der Waals surface area contributed by atoms with Gasteiger partial charge in [-0.2, -0.15) is 0 Å². The minimum atomic E-state index is -0.417. The predicted octanol–water partition coefficient (Wildman–Crippen LogP) is 2.44. The third-order valence-corrected chi connectivity index (χ3v) is 3.84. The van der Waals surface area contributed by atoms with E-state index >= 15 is 0 Å². The van der Waals surface area contributed by atoms with Crippen LogP contribution in [-0.4, -0.2) is 27.9 Å². The van der Waals surface area contributed by atoms with Gasteiger partial charge in [-0.1, -0.05) is 19.3 Å². The predicted molar refractivity (Wildman–Crippen MR) is 70.2 cm³/mol. The van der Waals surface area contributed by atoms with Crippen LogP contribution in [0, 0.1) is 5.92 Å². The lowest BCUT2D eigenvalue weighted by Gasteiger charge is -2.21. The van der Waals surface area contributed by atoms with E-state index < -0.39 is 6.10 Å². The van der Waals surface area contributed by atoms with Crippen LogP contribution in [0.4, 0.5) is 0 Å². The van der Waals surface area contributed by atoms with Gasteiger partial charge in [0.25, 0.3) is 0 Å². The van der Waals surface area contributed by atoms with Gasteiger partial charge in [0, 0.05) is 32.7 Å². The maximum Gasteiger partial charge on any atom is 0.137 e. The van der Waals surface area contributed by atoms with Crippen LogP contribution >= 0.6 is 0 Å². The number of aliphatic hydroxyl groups excluding tert-OH is 1. The lowest BCUT2D eigenvalue weighted by atomic mass is 9.93. The van der Waals surface area contributed by atoms with Crippen molar-refractivity contribution >= 4 is 0 Å². The van der Waals surface area contributed by atoms with E-state index in [9.17, 15) is 5.11 Å². The van der Waals surface area contributed by atoms with Crippen LogP contribution in [0.2, 0.25) is 0 Å². The number of rotatable bonds is 6. The molecule has 1 unspecified atom stereocenters. The summed E-state index contributed by atoms with van der Waals surface area (Å²) in [7, 11) is 1.92. The van der Waals surface area contributed by atoms with Crippen LogP contribution in [0.5, 0.6) is 0 Å². The average Bonchev–Trinajstić information content (AvgIpc) is 2.82. The Labute approximate surface area is 109 Å². The molecule has 1 atom stereocenters. The second kappa shape index (κ2) is 6.90. The van der Waals surface area contributed by atoms with Crippen molar-refractivity contribution in [3.05, 3.63) is 18.2 Å². The number of aliphatic hydroxyl groups is 1. The largest absolute Gasteiger partial charge is 0.385 e. The maximum atomic E-state index is 10.0. The molecular formula is C14H24N2O2. The Balaban J connectivity index is 1.61. The van der Waals surface area contributed by atoms with Crippen molar-refractivity contribution in [1.29, 1.82) is 0 Å². The molecule has 0 radical (unpaired) electrons. The van der Waals surface area contributed by atoms with E-state index in [0.29, 0.717) is 0 Å². The molecule has 1 saturated heterocycles. The first kappa shape index (κ1) is 13.6.